The number of hydrogen-bond acceptors (Lipinski definition) is 3. The van der Waals surface area contributed by atoms with Gasteiger partial charge in [-0.25, -0.2) is 0 Å². The maximum atomic E-state index is 11.3. The third-order valence-electron chi connectivity index (χ3n) is 4.45. The minimum Gasteiger partial charge on any atom is -0.379 e. The number of nitrogens with one attached hydrogen (secondary N) is 1. The van der Waals surface area contributed by atoms with Gasteiger partial charge in [0.05, 0.1) is 10.7 Å². The van der Waals surface area contributed by atoms with E-state index < -0.39 is 5.91 Å². The first-order chi connectivity index (χ1) is 9.65. The fourth-order valence-electron chi connectivity index (χ4n) is 3.40. The van der Waals surface area contributed by atoms with Crippen LogP contribution in [0.25, 0.3) is 0 Å². The summed E-state index contributed by atoms with van der Waals surface area (Å²) in [4.78, 5) is 13.8. The molecule has 3 N–H and O–H groups in total. The molecule has 2 unspecified atom stereocenters. The lowest BCUT2D eigenvalue weighted by Crippen LogP contribution is -2.41. The Morgan fingerprint density at radius 1 is 1.30 bits per heavy atom. The molecule has 2 heterocycles. The number of amides is 1. The van der Waals surface area contributed by atoms with Crippen LogP contribution in [0.5, 0.6) is 0 Å². The highest BCUT2D eigenvalue weighted by Gasteiger charge is 2.35. The van der Waals surface area contributed by atoms with Gasteiger partial charge in [0.15, 0.2) is 0 Å². The predicted molar refractivity (Wildman–Crippen MR) is 81.2 cm³/mol. The summed E-state index contributed by atoms with van der Waals surface area (Å²) in [7, 11) is 0. The minimum absolute atomic E-state index is 0.413. The number of fused-ring (bicyclic) bond motifs is 1. The number of primary amides is 1. The van der Waals surface area contributed by atoms with Crippen LogP contribution in [0, 0.1) is 0 Å². The van der Waals surface area contributed by atoms with Gasteiger partial charge < -0.3 is 11.1 Å². The van der Waals surface area contributed by atoms with Gasteiger partial charge >= 0.3 is 0 Å². The van der Waals surface area contributed by atoms with Crippen molar-refractivity contribution in [3.63, 3.8) is 0 Å². The van der Waals surface area contributed by atoms with E-state index in [0.29, 0.717) is 22.7 Å². The van der Waals surface area contributed by atoms with Crippen molar-refractivity contribution in [2.75, 3.05) is 18.4 Å². The van der Waals surface area contributed by atoms with E-state index >= 15 is 0 Å². The van der Waals surface area contributed by atoms with Gasteiger partial charge in [0.2, 0.25) is 5.91 Å². The largest absolute Gasteiger partial charge is 0.379 e. The van der Waals surface area contributed by atoms with Crippen molar-refractivity contribution in [1.82, 2.24) is 4.90 Å². The second-order valence-electron chi connectivity index (χ2n) is 5.70. The Morgan fingerprint density at radius 3 is 2.95 bits per heavy atom. The Bertz CT molecular complexity index is 520. The quantitative estimate of drug-likeness (QED) is 0.900. The number of halogens is 1. The zero-order chi connectivity index (χ0) is 14.1. The SMILES string of the molecule is NC(=O)c1ccc(Cl)c(NC2CCN3CCCCC23)c1. The Balaban J connectivity index is 1.77. The standard InChI is InChI=1S/C15H20ClN3O/c16-11-5-4-10(15(17)20)9-13(11)18-12-6-8-19-7-2-1-3-14(12)19/h4-5,9,12,14,18H,1-3,6-8H2,(H2,17,20). The van der Waals surface area contributed by atoms with Gasteiger partial charge in [-0.15, -0.1) is 0 Å². The zero-order valence-electron chi connectivity index (χ0n) is 11.4. The van der Waals surface area contributed by atoms with Crippen molar-refractivity contribution < 1.29 is 4.79 Å². The van der Waals surface area contributed by atoms with Crippen molar-refractivity contribution in [2.24, 2.45) is 5.73 Å². The molecule has 2 aliphatic heterocycles. The molecule has 0 bridgehead atoms. The third-order valence-corrected chi connectivity index (χ3v) is 4.78. The molecule has 1 amide bonds. The fourth-order valence-corrected chi connectivity index (χ4v) is 3.58. The highest BCUT2D eigenvalue weighted by atomic mass is 35.5. The number of benzene rings is 1. The molecule has 0 saturated carbocycles. The van der Waals surface area contributed by atoms with Crippen LogP contribution in [-0.2, 0) is 0 Å². The molecule has 2 aliphatic rings. The molecular formula is C15H20ClN3O. The van der Waals surface area contributed by atoms with E-state index in [1.807, 2.05) is 0 Å². The molecule has 3 rings (SSSR count). The Morgan fingerprint density at radius 2 is 2.15 bits per heavy atom. The average molecular weight is 294 g/mol. The van der Waals surface area contributed by atoms with Crippen LogP contribution in [0.15, 0.2) is 18.2 Å². The van der Waals surface area contributed by atoms with Crippen LogP contribution in [0.1, 0.15) is 36.0 Å². The number of hydrogen-bond donors (Lipinski definition) is 2. The molecule has 0 aromatic heterocycles. The van der Waals surface area contributed by atoms with Crippen LogP contribution in [0.4, 0.5) is 5.69 Å². The fraction of sp³-hybridized carbons (Fsp3) is 0.533. The summed E-state index contributed by atoms with van der Waals surface area (Å²) in [5.74, 6) is -0.421. The Hall–Kier alpha value is -1.26. The molecule has 2 saturated heterocycles. The van der Waals surface area contributed by atoms with Crippen molar-refractivity contribution in [2.45, 2.75) is 37.8 Å². The molecule has 5 heteroatoms. The van der Waals surface area contributed by atoms with E-state index in [-0.39, 0.29) is 0 Å². The summed E-state index contributed by atoms with van der Waals surface area (Å²) < 4.78 is 0. The first kappa shape index (κ1) is 13.7. The smallest absolute Gasteiger partial charge is 0.248 e. The van der Waals surface area contributed by atoms with Gasteiger partial charge in [0, 0.05) is 24.2 Å². The van der Waals surface area contributed by atoms with E-state index in [9.17, 15) is 4.79 Å². The molecule has 0 radical (unpaired) electrons. The summed E-state index contributed by atoms with van der Waals surface area (Å²) in [6.07, 6.45) is 4.97. The van der Waals surface area contributed by atoms with Crippen LogP contribution < -0.4 is 11.1 Å². The second kappa shape index (κ2) is 5.62. The molecule has 0 spiro atoms. The number of rotatable bonds is 3. The molecule has 108 valence electrons. The lowest BCUT2D eigenvalue weighted by Gasteiger charge is -2.33. The summed E-state index contributed by atoms with van der Waals surface area (Å²) >= 11 is 6.23. The molecule has 0 aliphatic carbocycles. The topological polar surface area (TPSA) is 58.4 Å². The molecule has 20 heavy (non-hydrogen) atoms. The van der Waals surface area contributed by atoms with Gasteiger partial charge in [-0.2, -0.15) is 0 Å². The lowest BCUT2D eigenvalue weighted by molar-refractivity contribution is 0.100. The van der Waals surface area contributed by atoms with Crippen LogP contribution in [-0.4, -0.2) is 36.0 Å². The van der Waals surface area contributed by atoms with E-state index in [2.05, 4.69) is 10.2 Å². The normalized spacial score (nSPS) is 26.2. The van der Waals surface area contributed by atoms with Crippen molar-refractivity contribution in [3.05, 3.63) is 28.8 Å². The first-order valence-corrected chi connectivity index (χ1v) is 7.63. The Labute approximate surface area is 124 Å². The molecule has 2 fully saturated rings. The number of carbonyl (C=O) groups excluding carboxylic acids is 1. The lowest BCUT2D eigenvalue weighted by atomic mass is 9.98. The zero-order valence-corrected chi connectivity index (χ0v) is 12.2. The van der Waals surface area contributed by atoms with Gasteiger partial charge in [-0.1, -0.05) is 18.0 Å². The number of carbonyl (C=O) groups is 1. The minimum atomic E-state index is -0.421. The summed E-state index contributed by atoms with van der Waals surface area (Å²) in [6.45, 7) is 2.35. The van der Waals surface area contributed by atoms with Crippen molar-refractivity contribution in [1.29, 1.82) is 0 Å². The van der Waals surface area contributed by atoms with Gasteiger partial charge in [-0.3, -0.25) is 9.69 Å². The summed E-state index contributed by atoms with van der Waals surface area (Å²) in [6, 6.07) is 6.17. The number of nitrogens with zero attached hydrogens (tertiary/aromatic N) is 1. The maximum Gasteiger partial charge on any atom is 0.248 e. The van der Waals surface area contributed by atoms with E-state index in [0.717, 1.165) is 18.7 Å². The monoisotopic (exact) mass is 293 g/mol. The second-order valence-corrected chi connectivity index (χ2v) is 6.10. The van der Waals surface area contributed by atoms with Crippen molar-refractivity contribution >= 4 is 23.2 Å². The molecule has 1 aromatic carbocycles. The van der Waals surface area contributed by atoms with E-state index in [1.54, 1.807) is 18.2 Å². The van der Waals surface area contributed by atoms with Crippen LogP contribution >= 0.6 is 11.6 Å². The van der Waals surface area contributed by atoms with Crippen LogP contribution in [0.2, 0.25) is 5.02 Å². The highest BCUT2D eigenvalue weighted by Crippen LogP contribution is 2.31. The number of nitrogens with two attached hydrogens (primary N) is 1. The molecule has 2 atom stereocenters. The Kier molecular flexibility index (Phi) is 3.85. The first-order valence-electron chi connectivity index (χ1n) is 7.25. The highest BCUT2D eigenvalue weighted by molar-refractivity contribution is 6.33. The third kappa shape index (κ3) is 2.63. The van der Waals surface area contributed by atoms with Crippen molar-refractivity contribution in [3.8, 4) is 0 Å². The summed E-state index contributed by atoms with van der Waals surface area (Å²) in [5, 5.41) is 4.17. The summed E-state index contributed by atoms with van der Waals surface area (Å²) in [5.41, 5.74) is 6.64. The van der Waals surface area contributed by atoms with Gasteiger partial charge in [0.1, 0.15) is 0 Å². The van der Waals surface area contributed by atoms with E-state index in [1.165, 1.54) is 25.8 Å². The molecular weight excluding hydrogens is 274 g/mol. The number of anilines is 1. The number of piperidine rings is 1. The maximum absolute atomic E-state index is 11.3. The van der Waals surface area contributed by atoms with Gasteiger partial charge in [0.25, 0.3) is 0 Å². The van der Waals surface area contributed by atoms with E-state index in [4.69, 9.17) is 17.3 Å². The van der Waals surface area contributed by atoms with Crippen LogP contribution in [0.3, 0.4) is 0 Å². The molecule has 4 nitrogen and oxygen atoms in total. The predicted octanol–water partition coefficient (Wildman–Crippen LogP) is 2.48. The van der Waals surface area contributed by atoms with Gasteiger partial charge in [-0.05, 0) is 44.0 Å². The average Bonchev–Trinajstić information content (AvgIpc) is 2.84. The molecule has 1 aromatic rings.